The number of anilines is 3. The van der Waals surface area contributed by atoms with Gasteiger partial charge < -0.3 is 24.8 Å². The van der Waals surface area contributed by atoms with Crippen molar-refractivity contribution in [2.75, 3.05) is 24.0 Å². The van der Waals surface area contributed by atoms with Crippen molar-refractivity contribution in [3.05, 3.63) is 60.7 Å². The van der Waals surface area contributed by atoms with Crippen molar-refractivity contribution in [2.24, 2.45) is 0 Å². The van der Waals surface area contributed by atoms with Gasteiger partial charge in [0.1, 0.15) is 5.75 Å². The van der Waals surface area contributed by atoms with Crippen LogP contribution in [0.2, 0.25) is 0 Å². The lowest BCUT2D eigenvalue weighted by atomic mass is 10.3. The zero-order chi connectivity index (χ0) is 18.5. The van der Waals surface area contributed by atoms with Gasteiger partial charge in [-0.3, -0.25) is 4.79 Å². The number of nitrogens with zero attached hydrogens (tertiary/aromatic N) is 2. The van der Waals surface area contributed by atoms with Gasteiger partial charge >= 0.3 is 0 Å². The largest absolute Gasteiger partial charge is 0.484 e. The van der Waals surface area contributed by atoms with Crippen molar-refractivity contribution in [1.29, 1.82) is 0 Å². The molecule has 27 heavy (non-hydrogen) atoms. The molecule has 0 saturated carbocycles. The quantitative estimate of drug-likeness (QED) is 0.694. The molecule has 0 radical (unpaired) electrons. The Morgan fingerprint density at radius 2 is 1.74 bits per heavy atom. The molecule has 2 N–H and O–H groups in total. The summed E-state index contributed by atoms with van der Waals surface area (Å²) in [6.45, 7) is 0.115. The Morgan fingerprint density at radius 3 is 2.56 bits per heavy atom. The number of ether oxygens (including phenoxy) is 3. The third-order valence-corrected chi connectivity index (χ3v) is 3.69. The van der Waals surface area contributed by atoms with Crippen LogP contribution in [-0.2, 0) is 4.79 Å². The van der Waals surface area contributed by atoms with Gasteiger partial charge in [0, 0.05) is 11.8 Å². The number of fused-ring (bicyclic) bond motifs is 1. The van der Waals surface area contributed by atoms with E-state index in [-0.39, 0.29) is 19.3 Å². The zero-order valence-corrected chi connectivity index (χ0v) is 14.2. The molecule has 0 aliphatic carbocycles. The van der Waals surface area contributed by atoms with Gasteiger partial charge in [-0.25, -0.2) is 0 Å². The first-order chi connectivity index (χ1) is 13.3. The summed E-state index contributed by atoms with van der Waals surface area (Å²) in [5, 5.41) is 13.8. The molecule has 4 rings (SSSR count). The summed E-state index contributed by atoms with van der Waals surface area (Å²) >= 11 is 0. The first-order valence-electron chi connectivity index (χ1n) is 8.24. The second kappa shape index (κ2) is 7.61. The number of hydrogen-bond donors (Lipinski definition) is 2. The van der Waals surface area contributed by atoms with Gasteiger partial charge in [0.25, 0.3) is 5.91 Å². The molecule has 136 valence electrons. The van der Waals surface area contributed by atoms with Crippen molar-refractivity contribution in [2.45, 2.75) is 0 Å². The lowest BCUT2D eigenvalue weighted by Crippen LogP contribution is -2.21. The number of para-hydroxylation sites is 1. The van der Waals surface area contributed by atoms with Crippen LogP contribution in [0, 0.1) is 0 Å². The molecule has 0 saturated heterocycles. The standard InChI is InChI=1S/C19H16N4O4/c24-19(11-25-14-4-2-1-3-5-14)21-18-9-8-17(22-23-18)20-13-6-7-15-16(10-13)27-12-26-15/h1-10H,11-12H2,(H,20,22)(H,21,23,24). The van der Waals surface area contributed by atoms with Gasteiger partial charge in [-0.15, -0.1) is 10.2 Å². The average Bonchev–Trinajstić information content (AvgIpc) is 3.17. The van der Waals surface area contributed by atoms with Crippen LogP contribution in [-0.4, -0.2) is 29.5 Å². The molecule has 1 aliphatic heterocycles. The topological polar surface area (TPSA) is 94.6 Å². The predicted octanol–water partition coefficient (Wildman–Crippen LogP) is 2.97. The van der Waals surface area contributed by atoms with Crippen LogP contribution in [0.25, 0.3) is 0 Å². The fourth-order valence-corrected chi connectivity index (χ4v) is 2.43. The summed E-state index contributed by atoms with van der Waals surface area (Å²) in [6.07, 6.45) is 0. The van der Waals surface area contributed by atoms with E-state index in [4.69, 9.17) is 14.2 Å². The van der Waals surface area contributed by atoms with E-state index in [1.165, 1.54) is 0 Å². The molecule has 1 aliphatic rings. The van der Waals surface area contributed by atoms with Gasteiger partial charge in [0.15, 0.2) is 29.7 Å². The Hall–Kier alpha value is -3.81. The Bertz CT molecular complexity index is 932. The fraction of sp³-hybridized carbons (Fsp3) is 0.105. The molecule has 8 nitrogen and oxygen atoms in total. The van der Waals surface area contributed by atoms with Crippen molar-refractivity contribution in [1.82, 2.24) is 10.2 Å². The van der Waals surface area contributed by atoms with E-state index in [0.717, 1.165) is 5.69 Å². The van der Waals surface area contributed by atoms with Gasteiger partial charge in [-0.05, 0) is 36.4 Å². The molecule has 1 amide bonds. The number of aromatic nitrogens is 2. The molecule has 0 bridgehead atoms. The van der Waals surface area contributed by atoms with Crippen LogP contribution in [0.4, 0.5) is 17.3 Å². The number of nitrogens with one attached hydrogen (secondary N) is 2. The minimum Gasteiger partial charge on any atom is -0.484 e. The number of rotatable bonds is 6. The van der Waals surface area contributed by atoms with E-state index >= 15 is 0 Å². The van der Waals surface area contributed by atoms with Gasteiger partial charge in [0.05, 0.1) is 0 Å². The van der Waals surface area contributed by atoms with E-state index < -0.39 is 0 Å². The van der Waals surface area contributed by atoms with E-state index in [1.54, 1.807) is 24.3 Å². The normalized spacial score (nSPS) is 11.7. The second-order valence-electron chi connectivity index (χ2n) is 5.65. The van der Waals surface area contributed by atoms with E-state index in [0.29, 0.717) is 28.9 Å². The number of carbonyl (C=O) groups excluding carboxylic acids is 1. The molecule has 0 unspecified atom stereocenters. The van der Waals surface area contributed by atoms with E-state index in [1.807, 2.05) is 36.4 Å². The molecular weight excluding hydrogens is 348 g/mol. The molecular formula is C19H16N4O4. The minimum absolute atomic E-state index is 0.108. The third-order valence-electron chi connectivity index (χ3n) is 3.69. The lowest BCUT2D eigenvalue weighted by Gasteiger charge is -2.08. The molecule has 2 aromatic carbocycles. The Morgan fingerprint density at radius 1 is 0.963 bits per heavy atom. The highest BCUT2D eigenvalue weighted by Gasteiger charge is 2.13. The summed E-state index contributed by atoms with van der Waals surface area (Å²) in [7, 11) is 0. The van der Waals surface area contributed by atoms with Crippen LogP contribution < -0.4 is 24.8 Å². The first-order valence-corrected chi connectivity index (χ1v) is 8.24. The molecule has 3 aromatic rings. The highest BCUT2D eigenvalue weighted by molar-refractivity contribution is 5.90. The van der Waals surface area contributed by atoms with Crippen LogP contribution >= 0.6 is 0 Å². The van der Waals surface area contributed by atoms with Gasteiger partial charge in [0.2, 0.25) is 6.79 Å². The van der Waals surface area contributed by atoms with E-state index in [2.05, 4.69) is 20.8 Å². The zero-order valence-electron chi connectivity index (χ0n) is 14.2. The van der Waals surface area contributed by atoms with Crippen LogP contribution in [0.15, 0.2) is 60.7 Å². The van der Waals surface area contributed by atoms with Gasteiger partial charge in [-0.1, -0.05) is 18.2 Å². The highest BCUT2D eigenvalue weighted by Crippen LogP contribution is 2.34. The Labute approximate surface area is 155 Å². The molecule has 0 spiro atoms. The molecule has 8 heteroatoms. The Balaban J connectivity index is 1.31. The molecule has 1 aromatic heterocycles. The number of carbonyl (C=O) groups is 1. The third kappa shape index (κ3) is 4.24. The molecule has 0 atom stereocenters. The number of amides is 1. The minimum atomic E-state index is -0.315. The van der Waals surface area contributed by atoms with Crippen molar-refractivity contribution >= 4 is 23.2 Å². The predicted molar refractivity (Wildman–Crippen MR) is 98.4 cm³/mol. The van der Waals surface area contributed by atoms with Gasteiger partial charge in [-0.2, -0.15) is 0 Å². The van der Waals surface area contributed by atoms with Crippen LogP contribution in [0.3, 0.4) is 0 Å². The highest BCUT2D eigenvalue weighted by atomic mass is 16.7. The second-order valence-corrected chi connectivity index (χ2v) is 5.65. The maximum atomic E-state index is 11.9. The molecule has 0 fully saturated rings. The first kappa shape index (κ1) is 16.6. The maximum Gasteiger partial charge on any atom is 0.263 e. The summed E-state index contributed by atoms with van der Waals surface area (Å²) in [5.74, 6) is 2.57. The van der Waals surface area contributed by atoms with Crippen LogP contribution in [0.1, 0.15) is 0 Å². The maximum absolute atomic E-state index is 11.9. The summed E-state index contributed by atoms with van der Waals surface area (Å²) in [4.78, 5) is 11.9. The van der Waals surface area contributed by atoms with Crippen molar-refractivity contribution in [3.8, 4) is 17.2 Å². The smallest absolute Gasteiger partial charge is 0.263 e. The summed E-state index contributed by atoms with van der Waals surface area (Å²) < 4.78 is 16.0. The summed E-state index contributed by atoms with van der Waals surface area (Å²) in [6, 6.07) is 18.0. The average molecular weight is 364 g/mol. The lowest BCUT2D eigenvalue weighted by molar-refractivity contribution is -0.118. The van der Waals surface area contributed by atoms with Crippen molar-refractivity contribution in [3.63, 3.8) is 0 Å². The summed E-state index contributed by atoms with van der Waals surface area (Å²) in [5.41, 5.74) is 0.793. The molecule has 2 heterocycles. The SMILES string of the molecule is O=C(COc1ccccc1)Nc1ccc(Nc2ccc3c(c2)OCO3)nn1. The van der Waals surface area contributed by atoms with Crippen LogP contribution in [0.5, 0.6) is 17.2 Å². The number of benzene rings is 2. The Kier molecular flexibility index (Phi) is 4.69. The number of hydrogen-bond acceptors (Lipinski definition) is 7. The van der Waals surface area contributed by atoms with Crippen molar-refractivity contribution < 1.29 is 19.0 Å². The monoisotopic (exact) mass is 364 g/mol. The fourth-order valence-electron chi connectivity index (χ4n) is 2.43. The van der Waals surface area contributed by atoms with E-state index in [9.17, 15) is 4.79 Å².